The number of aliphatic imine (C=N–C) groups is 1. The van der Waals surface area contributed by atoms with Crippen LogP contribution in [0.2, 0.25) is 0 Å². The molecule has 1 heterocycles. The van der Waals surface area contributed by atoms with Gasteiger partial charge >= 0.3 is 61.7 Å². The van der Waals surface area contributed by atoms with Gasteiger partial charge in [-0.25, -0.2) is 4.31 Å². The number of ether oxygens (including phenoxy) is 1. The molecule has 16 heavy (non-hydrogen) atoms. The van der Waals surface area contributed by atoms with Crippen molar-refractivity contribution in [1.82, 2.24) is 4.31 Å². The zero-order chi connectivity index (χ0) is 11.9. The zero-order valence-electron chi connectivity index (χ0n) is 9.00. The molecule has 0 spiro atoms. The largest absolute Gasteiger partial charge is 1.00 e. The summed E-state index contributed by atoms with van der Waals surface area (Å²) in [7, 11) is -3.48. The average molecular weight is 276 g/mol. The fraction of sp³-hybridized carbons (Fsp3) is 0.667. The predicted octanol–water partition coefficient (Wildman–Crippen LogP) is -5.24. The van der Waals surface area contributed by atoms with Crippen LogP contribution in [0.1, 0.15) is 6.92 Å². The number of amides is 1. The topological polar surface area (TPSA) is 119 Å². The first-order valence-corrected chi connectivity index (χ1v) is 5.21. The second-order valence-corrected chi connectivity index (χ2v) is 4.25. The summed E-state index contributed by atoms with van der Waals surface area (Å²) in [6.07, 6.45) is 0. The molecule has 1 aliphatic rings. The Morgan fingerprint density at radius 3 is 2.44 bits per heavy atom. The van der Waals surface area contributed by atoms with Gasteiger partial charge in [-0.1, -0.05) is 0 Å². The Labute approximate surface area is 135 Å². The smallest absolute Gasteiger partial charge is 0.862 e. The molecule has 0 bridgehead atoms. The van der Waals surface area contributed by atoms with E-state index in [1.807, 2.05) is 0 Å². The second kappa shape index (κ2) is 5.39. The van der Waals surface area contributed by atoms with Crippen LogP contribution in [0, 0.1) is 0 Å². The van der Waals surface area contributed by atoms with Gasteiger partial charge in [0.15, 0.2) is 0 Å². The predicted molar refractivity (Wildman–Crippen MR) is 46.1 cm³/mol. The molecule has 0 aromatic carbocycles. The molecule has 0 aromatic heterocycles. The molecule has 0 aromatic rings. The Kier molecular flexibility index (Phi) is 5.54. The van der Waals surface area contributed by atoms with Gasteiger partial charge < -0.3 is 9.84 Å². The molecular formula is C6H9KN2O6S. The quantitative estimate of drug-likeness (QED) is 0.181. The van der Waals surface area contributed by atoms with Gasteiger partial charge in [-0.3, -0.25) is 14.3 Å². The molecule has 1 saturated heterocycles. The molecule has 8 nitrogen and oxygen atoms in total. The Morgan fingerprint density at radius 2 is 2.19 bits per heavy atom. The van der Waals surface area contributed by atoms with Gasteiger partial charge in [0.1, 0.15) is 0 Å². The molecule has 1 N–H and O–H groups in total. The number of carbonyl (C=O) groups excluding carboxylic acids is 1. The summed E-state index contributed by atoms with van der Waals surface area (Å²) in [5, 5.41) is 10.7. The van der Waals surface area contributed by atoms with Crippen molar-refractivity contribution in [2.75, 3.05) is 13.7 Å². The number of nitrogens with zero attached hydrogens (tertiary/aromatic N) is 2. The minimum absolute atomic E-state index is 0. The van der Waals surface area contributed by atoms with Gasteiger partial charge in [0.2, 0.25) is 0 Å². The summed E-state index contributed by atoms with van der Waals surface area (Å²) >= 11 is 0. The zero-order valence-corrected chi connectivity index (χ0v) is 12.9. The minimum atomic E-state index is -4.60. The molecule has 1 amide bonds. The van der Waals surface area contributed by atoms with Crippen molar-refractivity contribution >= 4 is 22.1 Å². The van der Waals surface area contributed by atoms with E-state index in [1.165, 1.54) is 0 Å². The second-order valence-electron chi connectivity index (χ2n) is 2.91. The van der Waals surface area contributed by atoms with Crippen LogP contribution in [-0.4, -0.2) is 48.5 Å². The Balaban J connectivity index is 0.00000225. The summed E-state index contributed by atoms with van der Waals surface area (Å²) in [6.45, 7) is 0.602. The van der Waals surface area contributed by atoms with Gasteiger partial charge in [0.05, 0.1) is 6.54 Å². The van der Waals surface area contributed by atoms with Crippen molar-refractivity contribution < 1.29 is 79.0 Å². The van der Waals surface area contributed by atoms with Crippen LogP contribution in [0.25, 0.3) is 0 Å². The van der Waals surface area contributed by atoms with E-state index in [0.29, 0.717) is 0 Å². The van der Waals surface area contributed by atoms with Gasteiger partial charge in [-0.05, 0) is 12.8 Å². The van der Waals surface area contributed by atoms with Crippen LogP contribution in [-0.2, 0) is 19.8 Å². The maximum absolute atomic E-state index is 11.3. The third kappa shape index (κ3) is 3.01. The molecule has 1 fully saturated rings. The van der Waals surface area contributed by atoms with E-state index in [0.717, 1.165) is 14.0 Å². The van der Waals surface area contributed by atoms with Crippen LogP contribution in [0.4, 0.5) is 0 Å². The number of β-lactam (4-membered cyclic amide) rings is 1. The van der Waals surface area contributed by atoms with E-state index in [4.69, 9.17) is 4.55 Å². The van der Waals surface area contributed by atoms with Crippen LogP contribution < -0.4 is 56.5 Å². The summed E-state index contributed by atoms with van der Waals surface area (Å²) < 4.78 is 34.6. The number of rotatable bonds is 3. The van der Waals surface area contributed by atoms with Crippen molar-refractivity contribution in [2.24, 2.45) is 4.99 Å². The Hall–Kier alpha value is 0.446. The number of carbonyl (C=O) groups is 1. The molecule has 0 unspecified atom stereocenters. The summed E-state index contributed by atoms with van der Waals surface area (Å²) in [5.74, 6) is -1.75. The standard InChI is InChI=1S/C6H10N2O6S.K/c1-4(9)7-6(14-2)3-8(5(6)10)15(11,12)13;/h3H2,1-2H3,(H,7,9)(H,11,12,13);/q;+1/p-1/t6-;/m1./s1. The monoisotopic (exact) mass is 276 g/mol. The van der Waals surface area contributed by atoms with E-state index in [2.05, 4.69) is 9.73 Å². The van der Waals surface area contributed by atoms with Gasteiger partial charge in [0.25, 0.3) is 11.6 Å². The van der Waals surface area contributed by atoms with Crippen molar-refractivity contribution in [3.8, 4) is 0 Å². The van der Waals surface area contributed by atoms with Crippen molar-refractivity contribution in [3.63, 3.8) is 0 Å². The minimum Gasteiger partial charge on any atom is -0.862 e. The Morgan fingerprint density at radius 1 is 1.69 bits per heavy atom. The maximum Gasteiger partial charge on any atom is 1.00 e. The molecule has 0 aliphatic carbocycles. The first-order chi connectivity index (χ1) is 6.73. The van der Waals surface area contributed by atoms with E-state index in [9.17, 15) is 18.3 Å². The van der Waals surface area contributed by atoms with Gasteiger partial charge in [-0.15, -0.1) is 0 Å². The third-order valence-corrected chi connectivity index (χ3v) is 2.72. The molecule has 1 aliphatic heterocycles. The number of hydrogen-bond acceptors (Lipinski definition) is 6. The fourth-order valence-corrected chi connectivity index (χ4v) is 1.85. The summed E-state index contributed by atoms with van der Waals surface area (Å²) in [4.78, 5) is 14.7. The molecule has 1 rings (SSSR count). The normalized spacial score (nSPS) is 26.1. The van der Waals surface area contributed by atoms with Gasteiger partial charge in [0, 0.05) is 7.11 Å². The van der Waals surface area contributed by atoms with E-state index >= 15 is 0 Å². The fourth-order valence-electron chi connectivity index (χ4n) is 1.16. The molecule has 0 radical (unpaired) electrons. The summed E-state index contributed by atoms with van der Waals surface area (Å²) in [5.41, 5.74) is -1.80. The van der Waals surface area contributed by atoms with Crippen molar-refractivity contribution in [2.45, 2.75) is 12.6 Å². The van der Waals surface area contributed by atoms with E-state index < -0.39 is 34.4 Å². The van der Waals surface area contributed by atoms with Crippen LogP contribution in [0.3, 0.4) is 0 Å². The molecule has 86 valence electrons. The van der Waals surface area contributed by atoms with Crippen LogP contribution in [0.5, 0.6) is 0 Å². The van der Waals surface area contributed by atoms with Crippen LogP contribution >= 0.6 is 0 Å². The number of hydrogen-bond donors (Lipinski definition) is 1. The van der Waals surface area contributed by atoms with E-state index in [-0.39, 0.29) is 55.7 Å². The third-order valence-electron chi connectivity index (χ3n) is 1.87. The maximum atomic E-state index is 11.3. The SMILES string of the molecule is CO[C@]1(N=C(C)[O-])CN(S(=O)(=O)O)C1=O.[K+]. The molecule has 10 heteroatoms. The molecular weight excluding hydrogens is 267 g/mol. The van der Waals surface area contributed by atoms with Gasteiger partial charge in [-0.2, -0.15) is 8.42 Å². The first-order valence-electron chi connectivity index (χ1n) is 3.81. The van der Waals surface area contributed by atoms with Crippen LogP contribution in [0.15, 0.2) is 4.99 Å². The number of methoxy groups -OCH3 is 1. The summed E-state index contributed by atoms with van der Waals surface area (Å²) in [6, 6.07) is 0. The molecule has 1 atom stereocenters. The Bertz CT molecular complexity index is 417. The molecule has 0 saturated carbocycles. The average Bonchev–Trinajstić information content (AvgIpc) is 2.08. The van der Waals surface area contributed by atoms with E-state index in [1.54, 1.807) is 0 Å². The van der Waals surface area contributed by atoms with Crippen molar-refractivity contribution in [3.05, 3.63) is 0 Å². The van der Waals surface area contributed by atoms with Crippen molar-refractivity contribution in [1.29, 1.82) is 0 Å². The first kappa shape index (κ1) is 16.4.